The zero-order valence-electron chi connectivity index (χ0n) is 11.6. The number of nitrogens with two attached hydrogens (primary N) is 1. The van der Waals surface area contributed by atoms with Crippen molar-refractivity contribution in [2.24, 2.45) is 5.73 Å². The molecule has 5 N–H and O–H groups in total. The molecule has 0 aromatic heterocycles. The number of nitrogens with one attached hydrogen (secondary N) is 2. The summed E-state index contributed by atoms with van der Waals surface area (Å²) >= 11 is 0. The fraction of sp³-hybridized carbons (Fsp3) is 0.133. The van der Waals surface area contributed by atoms with Crippen molar-refractivity contribution in [2.45, 2.75) is 6.54 Å². The highest BCUT2D eigenvalue weighted by Crippen LogP contribution is 2.26. The standard InChI is InChI=1S/C15H17N3O3/c1-21-14-8-10(2-7-13(14)19)9-17-11-3-5-12(6-4-11)18-15(16)20/h2-8,17,19H,9H2,1H3,(H3,16,18,20). The quantitative estimate of drug-likeness (QED) is 0.679. The van der Waals surface area contributed by atoms with E-state index in [4.69, 9.17) is 10.5 Å². The second kappa shape index (κ2) is 6.51. The summed E-state index contributed by atoms with van der Waals surface area (Å²) in [7, 11) is 1.51. The molecular weight excluding hydrogens is 270 g/mol. The highest BCUT2D eigenvalue weighted by Gasteiger charge is 2.03. The van der Waals surface area contributed by atoms with Crippen LogP contribution in [0.4, 0.5) is 16.2 Å². The van der Waals surface area contributed by atoms with Gasteiger partial charge in [-0.25, -0.2) is 4.79 Å². The SMILES string of the molecule is COc1cc(CNc2ccc(NC(N)=O)cc2)ccc1O. The fourth-order valence-electron chi connectivity index (χ4n) is 1.85. The van der Waals surface area contributed by atoms with Crippen molar-refractivity contribution in [1.82, 2.24) is 0 Å². The van der Waals surface area contributed by atoms with Crippen molar-refractivity contribution in [1.29, 1.82) is 0 Å². The molecule has 110 valence electrons. The Balaban J connectivity index is 1.98. The molecule has 6 heteroatoms. The first-order valence-corrected chi connectivity index (χ1v) is 6.35. The summed E-state index contributed by atoms with van der Waals surface area (Å²) in [5, 5.41) is 15.3. The van der Waals surface area contributed by atoms with E-state index < -0.39 is 6.03 Å². The number of phenols is 1. The highest BCUT2D eigenvalue weighted by atomic mass is 16.5. The number of primary amides is 1. The van der Waals surface area contributed by atoms with Gasteiger partial charge in [-0.1, -0.05) is 6.07 Å². The smallest absolute Gasteiger partial charge is 0.316 e. The number of aromatic hydroxyl groups is 1. The van der Waals surface area contributed by atoms with Crippen LogP contribution >= 0.6 is 0 Å². The molecule has 0 atom stereocenters. The van der Waals surface area contributed by atoms with Crippen LogP contribution in [0, 0.1) is 0 Å². The zero-order valence-corrected chi connectivity index (χ0v) is 11.6. The van der Waals surface area contributed by atoms with Gasteiger partial charge >= 0.3 is 6.03 Å². The first-order valence-electron chi connectivity index (χ1n) is 6.35. The van der Waals surface area contributed by atoms with Crippen molar-refractivity contribution >= 4 is 17.4 Å². The number of phenolic OH excluding ortho intramolecular Hbond substituents is 1. The van der Waals surface area contributed by atoms with E-state index in [0.717, 1.165) is 11.3 Å². The molecule has 0 unspecified atom stereocenters. The summed E-state index contributed by atoms with van der Waals surface area (Å²) < 4.78 is 5.06. The van der Waals surface area contributed by atoms with Crippen LogP contribution in [0.2, 0.25) is 0 Å². The van der Waals surface area contributed by atoms with Gasteiger partial charge in [0.25, 0.3) is 0 Å². The van der Waals surface area contributed by atoms with Gasteiger partial charge < -0.3 is 26.2 Å². The van der Waals surface area contributed by atoms with Gasteiger partial charge in [0.05, 0.1) is 7.11 Å². The summed E-state index contributed by atoms with van der Waals surface area (Å²) in [5.41, 5.74) is 7.55. The summed E-state index contributed by atoms with van der Waals surface area (Å²) in [6.07, 6.45) is 0. The largest absolute Gasteiger partial charge is 0.504 e. The van der Waals surface area contributed by atoms with E-state index in [9.17, 15) is 9.90 Å². The number of rotatable bonds is 5. The van der Waals surface area contributed by atoms with Crippen LogP contribution in [0.1, 0.15) is 5.56 Å². The minimum atomic E-state index is -0.591. The number of hydrogen-bond acceptors (Lipinski definition) is 4. The van der Waals surface area contributed by atoms with Gasteiger partial charge in [-0.15, -0.1) is 0 Å². The number of carbonyl (C=O) groups excluding carboxylic acids is 1. The Morgan fingerprint density at radius 2 is 1.86 bits per heavy atom. The number of ether oxygens (including phenoxy) is 1. The van der Waals surface area contributed by atoms with E-state index in [1.165, 1.54) is 7.11 Å². The van der Waals surface area contributed by atoms with E-state index >= 15 is 0 Å². The molecule has 2 amide bonds. The number of hydrogen-bond donors (Lipinski definition) is 4. The van der Waals surface area contributed by atoms with E-state index in [2.05, 4.69) is 10.6 Å². The van der Waals surface area contributed by atoms with Gasteiger partial charge in [0.15, 0.2) is 11.5 Å². The Bertz CT molecular complexity index is 627. The maximum atomic E-state index is 10.7. The lowest BCUT2D eigenvalue weighted by molar-refractivity contribution is 0.259. The van der Waals surface area contributed by atoms with Gasteiger partial charge in [-0.3, -0.25) is 0 Å². The maximum Gasteiger partial charge on any atom is 0.316 e. The van der Waals surface area contributed by atoms with Crippen LogP contribution in [0.5, 0.6) is 11.5 Å². The van der Waals surface area contributed by atoms with Crippen LogP contribution in [-0.4, -0.2) is 18.2 Å². The molecule has 0 saturated carbocycles. The average molecular weight is 287 g/mol. The van der Waals surface area contributed by atoms with Gasteiger partial charge in [0, 0.05) is 17.9 Å². The van der Waals surface area contributed by atoms with E-state index in [0.29, 0.717) is 18.0 Å². The van der Waals surface area contributed by atoms with E-state index in [1.807, 2.05) is 18.2 Å². The zero-order chi connectivity index (χ0) is 15.2. The number of amides is 2. The molecule has 0 saturated heterocycles. The number of anilines is 2. The van der Waals surface area contributed by atoms with E-state index in [1.54, 1.807) is 24.3 Å². The molecular formula is C15H17N3O3. The first kappa shape index (κ1) is 14.5. The maximum absolute atomic E-state index is 10.7. The highest BCUT2D eigenvalue weighted by molar-refractivity contribution is 5.87. The van der Waals surface area contributed by atoms with Crippen molar-refractivity contribution in [3.05, 3.63) is 48.0 Å². The third-order valence-electron chi connectivity index (χ3n) is 2.89. The second-order valence-corrected chi connectivity index (χ2v) is 4.43. The van der Waals surface area contributed by atoms with Gasteiger partial charge in [-0.2, -0.15) is 0 Å². The topological polar surface area (TPSA) is 96.6 Å². The predicted octanol–water partition coefficient (Wildman–Crippen LogP) is 2.50. The minimum absolute atomic E-state index is 0.114. The Hall–Kier alpha value is -2.89. The van der Waals surface area contributed by atoms with Crippen LogP contribution in [-0.2, 0) is 6.54 Å². The Kier molecular flexibility index (Phi) is 4.50. The lowest BCUT2D eigenvalue weighted by atomic mass is 10.2. The number of carbonyl (C=O) groups is 1. The van der Waals surface area contributed by atoms with Crippen molar-refractivity contribution in [3.8, 4) is 11.5 Å². The monoisotopic (exact) mass is 287 g/mol. The minimum Gasteiger partial charge on any atom is -0.504 e. The number of benzene rings is 2. The van der Waals surface area contributed by atoms with Crippen molar-refractivity contribution < 1.29 is 14.6 Å². The van der Waals surface area contributed by atoms with Gasteiger partial charge in [0.2, 0.25) is 0 Å². The van der Waals surface area contributed by atoms with Gasteiger partial charge in [0.1, 0.15) is 0 Å². The Labute approximate surface area is 122 Å². The summed E-state index contributed by atoms with van der Waals surface area (Å²) in [4.78, 5) is 10.7. The first-order chi connectivity index (χ1) is 10.1. The van der Waals surface area contributed by atoms with E-state index in [-0.39, 0.29) is 5.75 Å². The molecule has 0 aliphatic heterocycles. The number of methoxy groups -OCH3 is 1. The lowest BCUT2D eigenvalue weighted by Crippen LogP contribution is -2.19. The normalized spacial score (nSPS) is 9.95. The second-order valence-electron chi connectivity index (χ2n) is 4.43. The third-order valence-corrected chi connectivity index (χ3v) is 2.89. The van der Waals surface area contributed by atoms with Crippen molar-refractivity contribution in [3.63, 3.8) is 0 Å². The van der Waals surface area contributed by atoms with Crippen LogP contribution < -0.4 is 21.1 Å². The molecule has 6 nitrogen and oxygen atoms in total. The number of urea groups is 1. The fourth-order valence-corrected chi connectivity index (χ4v) is 1.85. The molecule has 0 bridgehead atoms. The van der Waals surface area contributed by atoms with Crippen LogP contribution in [0.3, 0.4) is 0 Å². The average Bonchev–Trinajstić information content (AvgIpc) is 2.47. The van der Waals surface area contributed by atoms with Crippen molar-refractivity contribution in [2.75, 3.05) is 17.7 Å². The molecule has 0 spiro atoms. The molecule has 0 aliphatic rings. The summed E-state index contributed by atoms with van der Waals surface area (Å²) in [5.74, 6) is 0.554. The molecule has 0 radical (unpaired) electrons. The molecule has 2 rings (SSSR count). The molecule has 2 aromatic carbocycles. The molecule has 0 aliphatic carbocycles. The lowest BCUT2D eigenvalue weighted by Gasteiger charge is -2.10. The summed E-state index contributed by atoms with van der Waals surface area (Å²) in [6.45, 7) is 0.583. The van der Waals surface area contributed by atoms with Crippen LogP contribution in [0.25, 0.3) is 0 Å². The Morgan fingerprint density at radius 1 is 1.19 bits per heavy atom. The Morgan fingerprint density at radius 3 is 2.48 bits per heavy atom. The molecule has 21 heavy (non-hydrogen) atoms. The van der Waals surface area contributed by atoms with Crippen LogP contribution in [0.15, 0.2) is 42.5 Å². The third kappa shape index (κ3) is 4.04. The van der Waals surface area contributed by atoms with Gasteiger partial charge in [-0.05, 0) is 42.0 Å². The molecule has 2 aromatic rings. The molecule has 0 fully saturated rings. The predicted molar refractivity (Wildman–Crippen MR) is 81.6 cm³/mol. The molecule has 0 heterocycles. The summed E-state index contributed by atoms with van der Waals surface area (Å²) in [6, 6.07) is 11.8.